The summed E-state index contributed by atoms with van der Waals surface area (Å²) >= 11 is 0. The Morgan fingerprint density at radius 1 is 1.05 bits per heavy atom. The van der Waals surface area contributed by atoms with Crippen LogP contribution >= 0.6 is 0 Å². The molecule has 0 aromatic heterocycles. The van der Waals surface area contributed by atoms with Crippen LogP contribution in [-0.4, -0.2) is 32.5 Å². The Morgan fingerprint density at radius 3 is 1.91 bits per heavy atom. The lowest BCUT2D eigenvalue weighted by Crippen LogP contribution is -2.41. The van der Waals surface area contributed by atoms with E-state index in [0.717, 1.165) is 0 Å². The summed E-state index contributed by atoms with van der Waals surface area (Å²) in [6, 6.07) is 5.93. The second kappa shape index (κ2) is 5.47. The first-order valence-corrected chi connectivity index (χ1v) is 8.25. The second-order valence-electron chi connectivity index (χ2n) is 6.12. The third-order valence-electron chi connectivity index (χ3n) is 3.93. The fourth-order valence-corrected chi connectivity index (χ4v) is 2.45. The van der Waals surface area contributed by atoms with E-state index in [1.54, 1.807) is 12.1 Å². The number of alkyl halides is 2. The molecule has 0 bridgehead atoms. The predicted octanol–water partition coefficient (Wildman–Crippen LogP) is 1.95. The van der Waals surface area contributed by atoms with Gasteiger partial charge in [0, 0.05) is 5.69 Å². The van der Waals surface area contributed by atoms with E-state index in [0.29, 0.717) is 5.46 Å². The van der Waals surface area contributed by atoms with Gasteiger partial charge in [-0.15, -0.1) is 0 Å². The van der Waals surface area contributed by atoms with E-state index in [1.807, 2.05) is 32.4 Å². The molecule has 1 N–H and O–H groups in total. The number of benzene rings is 1. The highest BCUT2D eigenvalue weighted by molar-refractivity contribution is 7.93. The van der Waals surface area contributed by atoms with E-state index in [-0.39, 0.29) is 5.69 Å². The molecule has 1 aliphatic heterocycles. The van der Waals surface area contributed by atoms with Crippen molar-refractivity contribution in [3.63, 3.8) is 0 Å². The zero-order valence-corrected chi connectivity index (χ0v) is 13.6. The van der Waals surface area contributed by atoms with E-state index in [9.17, 15) is 17.2 Å². The van der Waals surface area contributed by atoms with Crippen molar-refractivity contribution in [2.75, 3.05) is 4.72 Å². The van der Waals surface area contributed by atoms with Crippen molar-refractivity contribution in [1.29, 1.82) is 0 Å². The Morgan fingerprint density at radius 2 is 1.50 bits per heavy atom. The van der Waals surface area contributed by atoms with Gasteiger partial charge in [0.1, 0.15) is 0 Å². The minimum absolute atomic E-state index is 0.0561. The quantitative estimate of drug-likeness (QED) is 0.856. The van der Waals surface area contributed by atoms with Gasteiger partial charge in [-0.2, -0.15) is 8.78 Å². The number of halogens is 2. The normalized spacial score (nSPS) is 20.4. The summed E-state index contributed by atoms with van der Waals surface area (Å²) in [5.41, 5.74) is -0.250. The van der Waals surface area contributed by atoms with Crippen molar-refractivity contribution >= 4 is 28.3 Å². The van der Waals surface area contributed by atoms with Crippen LogP contribution in [0.5, 0.6) is 0 Å². The lowest BCUT2D eigenvalue weighted by atomic mass is 9.79. The number of anilines is 1. The molecular weight excluding hydrogens is 315 g/mol. The molecule has 0 atom stereocenters. The summed E-state index contributed by atoms with van der Waals surface area (Å²) in [6.45, 7) is 7.66. The van der Waals surface area contributed by atoms with Crippen LogP contribution in [0.2, 0.25) is 0 Å². The van der Waals surface area contributed by atoms with Crippen molar-refractivity contribution in [3.05, 3.63) is 24.3 Å². The number of hydrogen-bond donors (Lipinski definition) is 1. The lowest BCUT2D eigenvalue weighted by molar-refractivity contribution is 0.00578. The second-order valence-corrected chi connectivity index (χ2v) is 7.77. The summed E-state index contributed by atoms with van der Waals surface area (Å²) in [4.78, 5) is 0. The van der Waals surface area contributed by atoms with Crippen molar-refractivity contribution in [1.82, 2.24) is 0 Å². The molecule has 1 aromatic rings. The fourth-order valence-electron chi connectivity index (χ4n) is 1.90. The molecule has 0 radical (unpaired) electrons. The molecule has 0 amide bonds. The summed E-state index contributed by atoms with van der Waals surface area (Å²) < 4.78 is 60.3. The molecule has 0 unspecified atom stereocenters. The third-order valence-corrected chi connectivity index (χ3v) is 4.92. The Labute approximate surface area is 129 Å². The first-order chi connectivity index (χ1) is 9.95. The van der Waals surface area contributed by atoms with E-state index in [4.69, 9.17) is 9.31 Å². The molecule has 0 spiro atoms. The maximum absolute atomic E-state index is 12.3. The largest absolute Gasteiger partial charge is 0.494 e. The Balaban J connectivity index is 2.14. The summed E-state index contributed by atoms with van der Waals surface area (Å²) in [6.07, 6.45) is 0. The van der Waals surface area contributed by atoms with Gasteiger partial charge in [0.05, 0.1) is 11.2 Å². The topological polar surface area (TPSA) is 64.6 Å². The highest BCUT2D eigenvalue weighted by atomic mass is 32.2. The Bertz CT molecular complexity index is 631. The summed E-state index contributed by atoms with van der Waals surface area (Å²) in [7, 11) is -5.26. The average Bonchev–Trinajstić information content (AvgIpc) is 2.58. The minimum Gasteiger partial charge on any atom is -0.399 e. The van der Waals surface area contributed by atoms with E-state index in [1.165, 1.54) is 12.1 Å². The molecule has 1 aromatic carbocycles. The van der Waals surface area contributed by atoms with Gasteiger partial charge in [-0.1, -0.05) is 12.1 Å². The maximum atomic E-state index is 12.3. The predicted molar refractivity (Wildman–Crippen MR) is 80.7 cm³/mol. The van der Waals surface area contributed by atoms with Crippen LogP contribution in [0.4, 0.5) is 14.5 Å². The van der Waals surface area contributed by atoms with E-state index < -0.39 is 34.1 Å². The van der Waals surface area contributed by atoms with Gasteiger partial charge in [0.2, 0.25) is 0 Å². The van der Waals surface area contributed by atoms with Gasteiger partial charge in [0.25, 0.3) is 10.0 Å². The number of rotatable bonds is 4. The van der Waals surface area contributed by atoms with Gasteiger partial charge in [-0.25, -0.2) is 8.42 Å². The highest BCUT2D eigenvalue weighted by Gasteiger charge is 2.51. The van der Waals surface area contributed by atoms with Gasteiger partial charge < -0.3 is 9.31 Å². The van der Waals surface area contributed by atoms with Gasteiger partial charge >= 0.3 is 12.9 Å². The van der Waals surface area contributed by atoms with Crippen molar-refractivity contribution in [3.8, 4) is 0 Å². The van der Waals surface area contributed by atoms with E-state index in [2.05, 4.69) is 0 Å². The average molecular weight is 333 g/mol. The van der Waals surface area contributed by atoms with Gasteiger partial charge in [-0.3, -0.25) is 4.72 Å². The molecule has 0 aliphatic carbocycles. The molecule has 1 heterocycles. The van der Waals surface area contributed by atoms with Crippen LogP contribution in [0.25, 0.3) is 0 Å². The van der Waals surface area contributed by atoms with Crippen LogP contribution in [0.1, 0.15) is 27.7 Å². The molecule has 9 heteroatoms. The molecule has 1 saturated heterocycles. The van der Waals surface area contributed by atoms with E-state index >= 15 is 0 Å². The summed E-state index contributed by atoms with van der Waals surface area (Å²) in [5, 5.41) is 0. The van der Waals surface area contributed by atoms with Crippen LogP contribution in [-0.2, 0) is 19.3 Å². The molecular formula is C13H18BF2NO4S. The first-order valence-electron chi connectivity index (χ1n) is 6.70. The lowest BCUT2D eigenvalue weighted by Gasteiger charge is -2.32. The monoisotopic (exact) mass is 333 g/mol. The van der Waals surface area contributed by atoms with Crippen LogP contribution in [0.15, 0.2) is 24.3 Å². The van der Waals surface area contributed by atoms with Gasteiger partial charge in [0.15, 0.2) is 0 Å². The first kappa shape index (κ1) is 17.2. The molecule has 0 saturated carbocycles. The summed E-state index contributed by atoms with van der Waals surface area (Å²) in [5.74, 6) is -3.48. The molecule has 122 valence electrons. The van der Waals surface area contributed by atoms with Crippen molar-refractivity contribution in [2.45, 2.75) is 44.7 Å². The maximum Gasteiger partial charge on any atom is 0.494 e. The Hall–Kier alpha value is -1.19. The smallest absolute Gasteiger partial charge is 0.399 e. The van der Waals surface area contributed by atoms with Crippen molar-refractivity contribution in [2.24, 2.45) is 0 Å². The number of sulfonamides is 1. The number of hydrogen-bond acceptors (Lipinski definition) is 4. The van der Waals surface area contributed by atoms with Crippen LogP contribution in [0.3, 0.4) is 0 Å². The van der Waals surface area contributed by atoms with Crippen LogP contribution < -0.4 is 10.2 Å². The molecule has 22 heavy (non-hydrogen) atoms. The SMILES string of the molecule is CC1(C)OB(c2ccc(NS(=O)(=O)C(F)F)cc2)OC1(C)C. The molecule has 1 fully saturated rings. The standard InChI is InChI=1S/C13H18BF2NO4S/c1-12(2)13(3,4)21-14(20-12)9-5-7-10(8-6-9)17-22(18,19)11(15)16/h5-8,11,17H,1-4H3. The highest BCUT2D eigenvalue weighted by Crippen LogP contribution is 2.36. The van der Waals surface area contributed by atoms with Crippen LogP contribution in [0, 0.1) is 0 Å². The zero-order valence-electron chi connectivity index (χ0n) is 12.8. The molecule has 2 rings (SSSR count). The van der Waals surface area contributed by atoms with Crippen molar-refractivity contribution < 1.29 is 26.5 Å². The minimum atomic E-state index is -4.67. The zero-order chi connectivity index (χ0) is 16.8. The third kappa shape index (κ3) is 3.26. The van der Waals surface area contributed by atoms with Gasteiger partial charge in [-0.05, 0) is 45.3 Å². The molecule has 1 aliphatic rings. The number of nitrogens with one attached hydrogen (secondary N) is 1. The Kier molecular flexibility index (Phi) is 4.27. The fraction of sp³-hybridized carbons (Fsp3) is 0.538. The molecule has 5 nitrogen and oxygen atoms in total.